The van der Waals surface area contributed by atoms with E-state index >= 15 is 0 Å². The van der Waals surface area contributed by atoms with Crippen molar-refractivity contribution >= 4 is 11.9 Å². The van der Waals surface area contributed by atoms with Crippen LogP contribution in [-0.2, 0) is 11.2 Å². The van der Waals surface area contributed by atoms with E-state index < -0.39 is 24.6 Å². The number of furan rings is 1. The van der Waals surface area contributed by atoms with Crippen molar-refractivity contribution in [2.75, 3.05) is 6.67 Å². The highest BCUT2D eigenvalue weighted by molar-refractivity contribution is 5.94. The number of carbonyl (C=O) groups is 2. The Morgan fingerprint density at radius 1 is 1.59 bits per heavy atom. The van der Waals surface area contributed by atoms with Gasteiger partial charge in [-0.15, -0.1) is 0 Å². The second-order valence-electron chi connectivity index (χ2n) is 3.59. The number of carbonyl (C=O) groups excluding carboxylic acids is 1. The zero-order valence-corrected chi connectivity index (χ0v) is 9.62. The van der Waals surface area contributed by atoms with Crippen LogP contribution in [0.25, 0.3) is 0 Å². The molecule has 5 nitrogen and oxygen atoms in total. The number of halogens is 1. The maximum Gasteiger partial charge on any atom is 0.328 e. The molecule has 1 aromatic rings. The van der Waals surface area contributed by atoms with Crippen LogP contribution in [0.15, 0.2) is 10.5 Å². The maximum absolute atomic E-state index is 12.3. The SMILES string of the molecule is CCc1oc(C(=O)NC(CF)C(=O)O)cc1C. The molecule has 0 aliphatic carbocycles. The van der Waals surface area contributed by atoms with Gasteiger partial charge in [-0.2, -0.15) is 0 Å². The molecule has 1 aromatic heterocycles. The van der Waals surface area contributed by atoms with Crippen molar-refractivity contribution < 1.29 is 23.5 Å². The summed E-state index contributed by atoms with van der Waals surface area (Å²) in [5.74, 6) is -1.49. The molecule has 1 amide bonds. The molecule has 0 aromatic carbocycles. The summed E-state index contributed by atoms with van der Waals surface area (Å²) < 4.78 is 17.5. The topological polar surface area (TPSA) is 79.5 Å². The van der Waals surface area contributed by atoms with Crippen molar-refractivity contribution in [2.24, 2.45) is 0 Å². The predicted octanol–water partition coefficient (Wildman–Crippen LogP) is 1.30. The van der Waals surface area contributed by atoms with Gasteiger partial charge in [-0.05, 0) is 18.6 Å². The molecule has 6 heteroatoms. The Hall–Kier alpha value is -1.85. The van der Waals surface area contributed by atoms with Gasteiger partial charge < -0.3 is 14.8 Å². The molecule has 2 N–H and O–H groups in total. The van der Waals surface area contributed by atoms with Crippen molar-refractivity contribution in [3.05, 3.63) is 23.2 Å². The minimum Gasteiger partial charge on any atom is -0.480 e. The van der Waals surface area contributed by atoms with Crippen LogP contribution < -0.4 is 5.32 Å². The first-order valence-electron chi connectivity index (χ1n) is 5.18. The van der Waals surface area contributed by atoms with Gasteiger partial charge in [0.25, 0.3) is 5.91 Å². The van der Waals surface area contributed by atoms with Gasteiger partial charge in [0, 0.05) is 6.42 Å². The summed E-state index contributed by atoms with van der Waals surface area (Å²) in [6.45, 7) is 2.49. The molecule has 1 rings (SSSR count). The van der Waals surface area contributed by atoms with Gasteiger partial charge >= 0.3 is 5.97 Å². The number of aliphatic carboxylic acids is 1. The fraction of sp³-hybridized carbons (Fsp3) is 0.455. The average molecular weight is 243 g/mol. The number of carboxylic acid groups (broad SMARTS) is 1. The van der Waals surface area contributed by atoms with Crippen LogP contribution in [0.5, 0.6) is 0 Å². The zero-order valence-electron chi connectivity index (χ0n) is 9.62. The van der Waals surface area contributed by atoms with Crippen molar-refractivity contribution in [1.82, 2.24) is 5.32 Å². The number of amides is 1. The van der Waals surface area contributed by atoms with E-state index in [4.69, 9.17) is 9.52 Å². The fourth-order valence-corrected chi connectivity index (χ4v) is 1.38. The standard InChI is InChI=1S/C11H14FNO4/c1-3-8-6(2)4-9(17-8)10(14)13-7(5-12)11(15)16/h4,7H,3,5H2,1-2H3,(H,13,14)(H,15,16). The summed E-state index contributed by atoms with van der Waals surface area (Å²) >= 11 is 0. The minimum atomic E-state index is -1.54. The van der Waals surface area contributed by atoms with E-state index in [2.05, 4.69) is 0 Å². The lowest BCUT2D eigenvalue weighted by Crippen LogP contribution is -2.42. The van der Waals surface area contributed by atoms with Crippen LogP contribution >= 0.6 is 0 Å². The number of aryl methyl sites for hydroxylation is 2. The molecule has 0 fully saturated rings. The van der Waals surface area contributed by atoms with Crippen LogP contribution in [-0.4, -0.2) is 29.7 Å². The first kappa shape index (κ1) is 13.2. The molecule has 0 radical (unpaired) electrons. The lowest BCUT2D eigenvalue weighted by atomic mass is 10.2. The summed E-state index contributed by atoms with van der Waals surface area (Å²) in [6, 6.07) is -0.0383. The molecule has 0 aliphatic heterocycles. The van der Waals surface area contributed by atoms with Gasteiger partial charge in [-0.25, -0.2) is 9.18 Å². The van der Waals surface area contributed by atoms with Crippen molar-refractivity contribution in [3.63, 3.8) is 0 Å². The molecule has 0 bridgehead atoms. The summed E-state index contributed by atoms with van der Waals surface area (Å²) in [5, 5.41) is 10.6. The molecule has 1 unspecified atom stereocenters. The number of carboxylic acids is 1. The Morgan fingerprint density at radius 2 is 2.24 bits per heavy atom. The second kappa shape index (κ2) is 5.47. The van der Waals surface area contributed by atoms with Crippen molar-refractivity contribution in [1.29, 1.82) is 0 Å². The summed E-state index contributed by atoms with van der Waals surface area (Å²) in [5.41, 5.74) is 0.810. The molecular formula is C11H14FNO4. The zero-order chi connectivity index (χ0) is 13.0. The van der Waals surface area contributed by atoms with Gasteiger partial charge in [0.15, 0.2) is 11.8 Å². The molecule has 0 spiro atoms. The summed E-state index contributed by atoms with van der Waals surface area (Å²) in [7, 11) is 0. The summed E-state index contributed by atoms with van der Waals surface area (Å²) in [4.78, 5) is 22.1. The van der Waals surface area contributed by atoms with E-state index in [1.807, 2.05) is 12.2 Å². The van der Waals surface area contributed by atoms with E-state index in [0.717, 1.165) is 5.56 Å². The number of nitrogens with one attached hydrogen (secondary N) is 1. The van der Waals surface area contributed by atoms with Crippen LogP contribution in [0.2, 0.25) is 0 Å². The third kappa shape index (κ3) is 3.05. The monoisotopic (exact) mass is 243 g/mol. The Labute approximate surface area is 97.6 Å². The van der Waals surface area contributed by atoms with Gasteiger partial charge in [0.05, 0.1) is 0 Å². The quantitative estimate of drug-likeness (QED) is 0.817. The van der Waals surface area contributed by atoms with Crippen molar-refractivity contribution in [2.45, 2.75) is 26.3 Å². The normalized spacial score (nSPS) is 12.2. The van der Waals surface area contributed by atoms with Gasteiger partial charge in [-0.1, -0.05) is 6.92 Å². The number of rotatable bonds is 5. The highest BCUT2D eigenvalue weighted by Gasteiger charge is 2.22. The lowest BCUT2D eigenvalue weighted by Gasteiger charge is -2.08. The molecule has 94 valence electrons. The minimum absolute atomic E-state index is 0.000880. The van der Waals surface area contributed by atoms with E-state index in [1.165, 1.54) is 6.07 Å². The van der Waals surface area contributed by atoms with Crippen LogP contribution in [0.4, 0.5) is 4.39 Å². The molecular weight excluding hydrogens is 229 g/mol. The smallest absolute Gasteiger partial charge is 0.328 e. The summed E-state index contributed by atoms with van der Waals surface area (Å²) in [6.07, 6.45) is 0.630. The largest absolute Gasteiger partial charge is 0.480 e. The Bertz CT molecular complexity index is 427. The van der Waals surface area contributed by atoms with E-state index in [-0.39, 0.29) is 5.76 Å². The van der Waals surface area contributed by atoms with Crippen LogP contribution in [0.3, 0.4) is 0 Å². The van der Waals surface area contributed by atoms with Crippen LogP contribution in [0.1, 0.15) is 28.8 Å². The van der Waals surface area contributed by atoms with E-state index in [9.17, 15) is 14.0 Å². The molecule has 1 heterocycles. The second-order valence-corrected chi connectivity index (χ2v) is 3.59. The van der Waals surface area contributed by atoms with Crippen LogP contribution in [0, 0.1) is 6.92 Å². The Morgan fingerprint density at radius 3 is 2.65 bits per heavy atom. The number of alkyl halides is 1. The molecule has 1 atom stereocenters. The van der Waals surface area contributed by atoms with E-state index in [0.29, 0.717) is 12.2 Å². The third-order valence-electron chi connectivity index (χ3n) is 2.32. The highest BCUT2D eigenvalue weighted by Crippen LogP contribution is 2.15. The highest BCUT2D eigenvalue weighted by atomic mass is 19.1. The molecule has 0 aliphatic rings. The average Bonchev–Trinajstić information content (AvgIpc) is 2.66. The third-order valence-corrected chi connectivity index (χ3v) is 2.32. The number of hydrogen-bond acceptors (Lipinski definition) is 3. The fourth-order valence-electron chi connectivity index (χ4n) is 1.38. The first-order valence-corrected chi connectivity index (χ1v) is 5.18. The van der Waals surface area contributed by atoms with Gasteiger partial charge in [-0.3, -0.25) is 4.79 Å². The maximum atomic E-state index is 12.3. The van der Waals surface area contributed by atoms with Gasteiger partial charge in [0.1, 0.15) is 12.4 Å². The lowest BCUT2D eigenvalue weighted by molar-refractivity contribution is -0.139. The van der Waals surface area contributed by atoms with Gasteiger partial charge in [0.2, 0.25) is 0 Å². The first-order chi connectivity index (χ1) is 7.99. The Kier molecular flexibility index (Phi) is 4.25. The number of hydrogen-bond donors (Lipinski definition) is 2. The van der Waals surface area contributed by atoms with E-state index in [1.54, 1.807) is 6.92 Å². The molecule has 0 saturated heterocycles. The van der Waals surface area contributed by atoms with Crippen molar-refractivity contribution in [3.8, 4) is 0 Å². The molecule has 17 heavy (non-hydrogen) atoms. The molecule has 0 saturated carbocycles. The Balaban J connectivity index is 2.78. The predicted molar refractivity (Wildman–Crippen MR) is 57.7 cm³/mol.